The summed E-state index contributed by atoms with van der Waals surface area (Å²) in [5, 5.41) is 7.05. The van der Waals surface area contributed by atoms with Crippen molar-refractivity contribution in [3.8, 4) is 5.69 Å². The summed E-state index contributed by atoms with van der Waals surface area (Å²) in [6.07, 6.45) is 1.75. The fourth-order valence-electron chi connectivity index (χ4n) is 5.11. The molecule has 0 bridgehead atoms. The third-order valence-corrected chi connectivity index (χ3v) is 7.39. The van der Waals surface area contributed by atoms with Crippen molar-refractivity contribution in [2.75, 3.05) is 23.9 Å². The van der Waals surface area contributed by atoms with Crippen molar-refractivity contribution in [2.24, 2.45) is 0 Å². The average Bonchev–Trinajstić information content (AvgIpc) is 3.41. The van der Waals surface area contributed by atoms with Crippen LogP contribution in [0.25, 0.3) is 5.69 Å². The van der Waals surface area contributed by atoms with Crippen LogP contribution in [0.5, 0.6) is 0 Å². The number of anilines is 2. The smallest absolute Gasteiger partial charge is 0.250 e. The van der Waals surface area contributed by atoms with Crippen molar-refractivity contribution in [2.45, 2.75) is 25.9 Å². The Bertz CT molecular complexity index is 1540. The Morgan fingerprint density at radius 1 is 1.15 bits per heavy atom. The summed E-state index contributed by atoms with van der Waals surface area (Å²) in [6.45, 7) is 3.85. The molecule has 0 radical (unpaired) electrons. The molecule has 3 heterocycles. The van der Waals surface area contributed by atoms with E-state index < -0.39 is 0 Å². The largest absolute Gasteiger partial charge is 0.375 e. The van der Waals surface area contributed by atoms with Crippen molar-refractivity contribution >= 4 is 46.2 Å². The third kappa shape index (κ3) is 5.13. The highest BCUT2D eigenvalue weighted by Crippen LogP contribution is 2.44. The molecule has 0 unspecified atom stereocenters. The minimum Gasteiger partial charge on any atom is -0.375 e. The average molecular weight is 564 g/mol. The Kier molecular flexibility index (Phi) is 7.65. The van der Waals surface area contributed by atoms with Gasteiger partial charge in [0.1, 0.15) is 12.4 Å². The van der Waals surface area contributed by atoms with E-state index in [1.165, 1.54) is 13.2 Å². The molecule has 200 valence electrons. The third-order valence-electron chi connectivity index (χ3n) is 6.76. The van der Waals surface area contributed by atoms with Gasteiger partial charge in [-0.3, -0.25) is 9.78 Å². The van der Waals surface area contributed by atoms with Crippen molar-refractivity contribution in [3.05, 3.63) is 106 Å². The molecule has 2 aromatic carbocycles. The van der Waals surface area contributed by atoms with Gasteiger partial charge in [-0.1, -0.05) is 29.8 Å². The highest BCUT2D eigenvalue weighted by Gasteiger charge is 2.42. The molecule has 2 aromatic heterocycles. The van der Waals surface area contributed by atoms with Crippen LogP contribution in [0, 0.1) is 19.7 Å². The molecule has 5 rings (SSSR count). The zero-order valence-electron chi connectivity index (χ0n) is 21.6. The number of aromatic nitrogens is 2. The van der Waals surface area contributed by atoms with E-state index in [1.807, 2.05) is 53.6 Å². The molecule has 1 saturated heterocycles. The molecule has 1 aliphatic rings. The van der Waals surface area contributed by atoms with Crippen LogP contribution in [0.4, 0.5) is 15.8 Å². The quantitative estimate of drug-likeness (QED) is 0.267. The molecule has 1 fully saturated rings. The number of hydrogen-bond donors (Lipinski definition) is 2. The van der Waals surface area contributed by atoms with Crippen LogP contribution in [-0.4, -0.2) is 34.3 Å². The number of thiocarbonyl (C=S) groups is 1. The van der Waals surface area contributed by atoms with Crippen LogP contribution < -0.4 is 15.5 Å². The summed E-state index contributed by atoms with van der Waals surface area (Å²) in [6, 6.07) is 19.3. The first-order valence-corrected chi connectivity index (χ1v) is 13.1. The number of pyridine rings is 1. The number of halogens is 2. The number of benzene rings is 2. The van der Waals surface area contributed by atoms with Gasteiger partial charge in [-0.05, 0) is 80.2 Å². The Morgan fingerprint density at radius 2 is 1.92 bits per heavy atom. The lowest BCUT2D eigenvalue weighted by atomic mass is 9.96. The molecule has 0 spiro atoms. The summed E-state index contributed by atoms with van der Waals surface area (Å²) < 4.78 is 21.7. The topological polar surface area (TPSA) is 71.4 Å². The van der Waals surface area contributed by atoms with Gasteiger partial charge >= 0.3 is 0 Å². The maximum atomic E-state index is 14.9. The highest BCUT2D eigenvalue weighted by atomic mass is 35.5. The fourth-order valence-corrected chi connectivity index (χ4v) is 5.68. The van der Waals surface area contributed by atoms with Crippen LogP contribution in [0.1, 0.15) is 34.7 Å². The summed E-state index contributed by atoms with van der Waals surface area (Å²) in [5.74, 6) is -0.610. The number of nitrogens with zero attached hydrogens (tertiary/aromatic N) is 3. The van der Waals surface area contributed by atoms with E-state index in [2.05, 4.69) is 21.7 Å². The molecule has 1 aliphatic heterocycles. The number of carbonyl (C=O) groups excluding carboxylic acids is 1. The predicted octanol–water partition coefficient (Wildman–Crippen LogP) is 6.04. The summed E-state index contributed by atoms with van der Waals surface area (Å²) >= 11 is 12.4. The van der Waals surface area contributed by atoms with Crippen LogP contribution >= 0.6 is 23.8 Å². The number of amides is 1. The molecular formula is C29H27ClFN5O2S. The van der Waals surface area contributed by atoms with E-state index in [-0.39, 0.29) is 30.4 Å². The number of hydrogen-bond acceptors (Lipinski definition) is 4. The van der Waals surface area contributed by atoms with Crippen molar-refractivity contribution in [3.63, 3.8) is 0 Å². The predicted molar refractivity (Wildman–Crippen MR) is 155 cm³/mol. The van der Waals surface area contributed by atoms with Crippen LogP contribution in [0.2, 0.25) is 5.02 Å². The Balaban J connectivity index is 1.62. The van der Waals surface area contributed by atoms with Gasteiger partial charge in [0.2, 0.25) is 5.91 Å². The molecular weight excluding hydrogens is 537 g/mol. The first-order chi connectivity index (χ1) is 18.8. The zero-order chi connectivity index (χ0) is 27.7. The zero-order valence-corrected chi connectivity index (χ0v) is 23.2. The minimum absolute atomic E-state index is 0.0797. The number of para-hydroxylation sites is 1. The van der Waals surface area contributed by atoms with Gasteiger partial charge < -0.3 is 24.8 Å². The number of carbonyl (C=O) groups is 1. The van der Waals surface area contributed by atoms with E-state index in [1.54, 1.807) is 30.5 Å². The number of aryl methyl sites for hydroxylation is 1. The van der Waals surface area contributed by atoms with E-state index in [0.717, 1.165) is 28.3 Å². The van der Waals surface area contributed by atoms with Gasteiger partial charge in [0.15, 0.2) is 5.11 Å². The first-order valence-electron chi connectivity index (χ1n) is 12.3. The van der Waals surface area contributed by atoms with E-state index in [0.29, 0.717) is 21.5 Å². The first kappa shape index (κ1) is 26.8. The molecule has 2 N–H and O–H groups in total. The Morgan fingerprint density at radius 3 is 2.62 bits per heavy atom. The van der Waals surface area contributed by atoms with Crippen molar-refractivity contribution in [1.82, 2.24) is 14.9 Å². The van der Waals surface area contributed by atoms with Crippen molar-refractivity contribution < 1.29 is 13.9 Å². The lowest BCUT2D eigenvalue weighted by Gasteiger charge is -2.28. The second-order valence-electron chi connectivity index (χ2n) is 9.26. The molecule has 7 nitrogen and oxygen atoms in total. The molecule has 0 aliphatic carbocycles. The summed E-state index contributed by atoms with van der Waals surface area (Å²) in [4.78, 5) is 18.6. The Labute approximate surface area is 236 Å². The molecule has 0 saturated carbocycles. The number of nitrogens with one attached hydrogen (secondary N) is 2. The minimum atomic E-state index is -0.316. The number of rotatable bonds is 7. The van der Waals surface area contributed by atoms with E-state index in [9.17, 15) is 9.18 Å². The lowest BCUT2D eigenvalue weighted by molar-refractivity contribution is -0.119. The van der Waals surface area contributed by atoms with Gasteiger partial charge in [-0.2, -0.15) is 0 Å². The monoisotopic (exact) mass is 563 g/mol. The lowest BCUT2D eigenvalue weighted by Crippen LogP contribution is -2.29. The molecule has 1 amide bonds. The van der Waals surface area contributed by atoms with Gasteiger partial charge in [-0.25, -0.2) is 4.39 Å². The molecule has 2 atom stereocenters. The van der Waals surface area contributed by atoms with Crippen LogP contribution in [0.15, 0.2) is 72.9 Å². The van der Waals surface area contributed by atoms with Gasteiger partial charge in [0.05, 0.1) is 34.2 Å². The fraction of sp³-hybridized carbons (Fsp3) is 0.207. The Hall–Kier alpha value is -3.79. The normalized spacial score (nSPS) is 16.8. The maximum Gasteiger partial charge on any atom is 0.250 e. The van der Waals surface area contributed by atoms with Gasteiger partial charge in [-0.15, -0.1) is 0 Å². The van der Waals surface area contributed by atoms with Crippen LogP contribution in [-0.2, 0) is 9.53 Å². The highest BCUT2D eigenvalue weighted by molar-refractivity contribution is 7.80. The van der Waals surface area contributed by atoms with Gasteiger partial charge in [0.25, 0.3) is 0 Å². The number of methoxy groups -OCH3 is 1. The molecule has 39 heavy (non-hydrogen) atoms. The second kappa shape index (κ2) is 11.1. The summed E-state index contributed by atoms with van der Waals surface area (Å²) in [7, 11) is 1.45. The number of ether oxygens (including phenoxy) is 1. The van der Waals surface area contributed by atoms with E-state index >= 15 is 0 Å². The SMILES string of the molecule is COCC(=O)Nc1ccc(N2C(=S)N[C@@H](c3ccccn3)[C@H]2c2cc(C)n(-c3ccccc3F)c2C)cc1Cl. The van der Waals surface area contributed by atoms with Gasteiger partial charge in [0, 0.05) is 30.4 Å². The van der Waals surface area contributed by atoms with E-state index in [4.69, 9.17) is 28.6 Å². The standard InChI is InChI=1S/C29H27ClFN5O2S/c1-17-14-20(18(2)35(17)25-10-5-4-8-22(25)31)28-27(24-9-6-7-13-32-24)34-29(39)36(28)19-11-12-23(21(30)15-19)33-26(37)16-38-3/h4-15,27-28H,16H2,1-3H3,(H,33,37)(H,34,39)/t27-,28+/m0/s1. The van der Waals surface area contributed by atoms with Crippen molar-refractivity contribution in [1.29, 1.82) is 0 Å². The molecule has 4 aromatic rings. The second-order valence-corrected chi connectivity index (χ2v) is 10.0. The maximum absolute atomic E-state index is 14.9. The molecule has 10 heteroatoms. The summed E-state index contributed by atoms with van der Waals surface area (Å²) in [5.41, 5.74) is 5.24. The van der Waals surface area contributed by atoms with Crippen LogP contribution in [0.3, 0.4) is 0 Å².